The molecule has 0 saturated heterocycles. The second-order valence-corrected chi connectivity index (χ2v) is 5.92. The molecular formula is C16H22N4O. The Morgan fingerprint density at radius 3 is 2.71 bits per heavy atom. The predicted octanol–water partition coefficient (Wildman–Crippen LogP) is 2.27. The molecule has 5 nitrogen and oxygen atoms in total. The molecule has 1 aromatic carbocycles. The first kappa shape index (κ1) is 14.1. The molecule has 1 aromatic heterocycles. The normalized spacial score (nSPS) is 16.5. The molecule has 1 aliphatic rings. The number of nitrogens with one attached hydrogen (secondary N) is 1. The van der Waals surface area contributed by atoms with Crippen molar-refractivity contribution < 1.29 is 5.11 Å². The zero-order chi connectivity index (χ0) is 14.8. The first-order valence-electron chi connectivity index (χ1n) is 7.51. The number of aliphatic hydroxyl groups is 1. The third kappa shape index (κ3) is 2.93. The van der Waals surface area contributed by atoms with Crippen molar-refractivity contribution >= 4 is 22.7 Å². The molecule has 21 heavy (non-hydrogen) atoms. The molecule has 1 fully saturated rings. The van der Waals surface area contributed by atoms with Crippen molar-refractivity contribution in [2.75, 3.05) is 30.9 Å². The number of fused-ring (bicyclic) bond motifs is 1. The van der Waals surface area contributed by atoms with E-state index in [1.54, 1.807) is 0 Å². The standard InChI is InChI=1S/C16H22N4O/c1-20(2)16-18-13-9-4-3-8-12(13)15(19-16)17-10-14(21)11-6-5-7-11/h3-4,8-9,11,14,21H,5-7,10H2,1-2H3,(H,17,18,19). The number of benzene rings is 1. The summed E-state index contributed by atoms with van der Waals surface area (Å²) in [5.74, 6) is 1.91. The number of rotatable bonds is 5. The molecule has 5 heteroatoms. The lowest BCUT2D eigenvalue weighted by molar-refractivity contribution is 0.0729. The summed E-state index contributed by atoms with van der Waals surface area (Å²) in [6.07, 6.45) is 3.21. The number of nitrogens with zero attached hydrogens (tertiary/aromatic N) is 3. The summed E-state index contributed by atoms with van der Waals surface area (Å²) < 4.78 is 0. The van der Waals surface area contributed by atoms with Gasteiger partial charge in [0.15, 0.2) is 0 Å². The van der Waals surface area contributed by atoms with Crippen LogP contribution in [0, 0.1) is 5.92 Å². The fourth-order valence-corrected chi connectivity index (χ4v) is 2.59. The molecule has 0 amide bonds. The summed E-state index contributed by atoms with van der Waals surface area (Å²) in [5, 5.41) is 14.5. The van der Waals surface area contributed by atoms with Crippen molar-refractivity contribution in [2.45, 2.75) is 25.4 Å². The van der Waals surface area contributed by atoms with Gasteiger partial charge in [-0.05, 0) is 30.9 Å². The number of anilines is 2. The van der Waals surface area contributed by atoms with Crippen LogP contribution in [0.2, 0.25) is 0 Å². The van der Waals surface area contributed by atoms with Gasteiger partial charge >= 0.3 is 0 Å². The molecule has 2 N–H and O–H groups in total. The van der Waals surface area contributed by atoms with Gasteiger partial charge in [-0.2, -0.15) is 4.98 Å². The topological polar surface area (TPSA) is 61.3 Å². The van der Waals surface area contributed by atoms with Crippen LogP contribution in [0.15, 0.2) is 24.3 Å². The van der Waals surface area contributed by atoms with E-state index in [0.717, 1.165) is 29.6 Å². The van der Waals surface area contributed by atoms with E-state index in [4.69, 9.17) is 0 Å². The Kier molecular flexibility index (Phi) is 3.92. The van der Waals surface area contributed by atoms with E-state index in [9.17, 15) is 5.11 Å². The highest BCUT2D eigenvalue weighted by molar-refractivity contribution is 5.90. The van der Waals surface area contributed by atoms with Gasteiger partial charge in [0.2, 0.25) is 5.95 Å². The van der Waals surface area contributed by atoms with Crippen LogP contribution in [0.1, 0.15) is 19.3 Å². The molecule has 1 unspecified atom stereocenters. The van der Waals surface area contributed by atoms with E-state index >= 15 is 0 Å². The molecule has 3 rings (SSSR count). The average Bonchev–Trinajstić information content (AvgIpc) is 2.42. The summed E-state index contributed by atoms with van der Waals surface area (Å²) in [6.45, 7) is 0.540. The van der Waals surface area contributed by atoms with E-state index in [1.807, 2.05) is 43.3 Å². The number of aliphatic hydroxyl groups excluding tert-OH is 1. The van der Waals surface area contributed by atoms with Crippen molar-refractivity contribution in [1.29, 1.82) is 0 Å². The minimum absolute atomic E-state index is 0.296. The highest BCUT2D eigenvalue weighted by Crippen LogP contribution is 2.30. The van der Waals surface area contributed by atoms with E-state index in [1.165, 1.54) is 6.42 Å². The zero-order valence-corrected chi connectivity index (χ0v) is 12.6. The van der Waals surface area contributed by atoms with E-state index in [2.05, 4.69) is 15.3 Å². The maximum Gasteiger partial charge on any atom is 0.227 e. The number of para-hydroxylation sites is 1. The largest absolute Gasteiger partial charge is 0.391 e. The molecule has 0 bridgehead atoms. The van der Waals surface area contributed by atoms with Crippen molar-refractivity contribution in [3.05, 3.63) is 24.3 Å². The zero-order valence-electron chi connectivity index (χ0n) is 12.6. The molecular weight excluding hydrogens is 264 g/mol. The number of hydrogen-bond acceptors (Lipinski definition) is 5. The van der Waals surface area contributed by atoms with Crippen molar-refractivity contribution in [1.82, 2.24) is 9.97 Å². The maximum atomic E-state index is 10.2. The molecule has 2 aromatic rings. The van der Waals surface area contributed by atoms with Crippen molar-refractivity contribution in [2.24, 2.45) is 5.92 Å². The van der Waals surface area contributed by atoms with Crippen LogP contribution in [-0.2, 0) is 0 Å². The predicted molar refractivity (Wildman–Crippen MR) is 85.7 cm³/mol. The van der Waals surface area contributed by atoms with Crippen molar-refractivity contribution in [3.8, 4) is 0 Å². The van der Waals surface area contributed by atoms with Gasteiger partial charge in [0.1, 0.15) is 5.82 Å². The molecule has 112 valence electrons. The Morgan fingerprint density at radius 1 is 1.29 bits per heavy atom. The Bertz CT molecular complexity index is 625. The first-order chi connectivity index (χ1) is 10.1. The van der Waals surface area contributed by atoms with Crippen LogP contribution in [0.4, 0.5) is 11.8 Å². The minimum atomic E-state index is -0.296. The fraction of sp³-hybridized carbons (Fsp3) is 0.500. The molecule has 0 radical (unpaired) electrons. The van der Waals surface area contributed by atoms with Crippen LogP contribution in [-0.4, -0.2) is 41.8 Å². The summed E-state index contributed by atoms with van der Waals surface area (Å²) in [7, 11) is 3.86. The Hall–Kier alpha value is -1.88. The van der Waals surface area contributed by atoms with Crippen molar-refractivity contribution in [3.63, 3.8) is 0 Å². The van der Waals surface area contributed by atoms with Crippen LogP contribution in [0.3, 0.4) is 0 Å². The van der Waals surface area contributed by atoms with Gasteiger partial charge in [0.05, 0.1) is 11.6 Å². The maximum absolute atomic E-state index is 10.2. The van der Waals surface area contributed by atoms with Crippen LogP contribution in [0.25, 0.3) is 10.9 Å². The molecule has 1 saturated carbocycles. The van der Waals surface area contributed by atoms with Gasteiger partial charge in [-0.3, -0.25) is 0 Å². The highest BCUT2D eigenvalue weighted by atomic mass is 16.3. The second kappa shape index (κ2) is 5.85. The van der Waals surface area contributed by atoms with Gasteiger partial charge in [0.25, 0.3) is 0 Å². The molecule has 1 heterocycles. The number of aromatic nitrogens is 2. The lowest BCUT2D eigenvalue weighted by atomic mass is 9.81. The summed E-state index contributed by atoms with van der Waals surface area (Å²) >= 11 is 0. The Labute approximate surface area is 125 Å². The lowest BCUT2D eigenvalue weighted by Crippen LogP contribution is -2.33. The Balaban J connectivity index is 1.85. The monoisotopic (exact) mass is 286 g/mol. The summed E-state index contributed by atoms with van der Waals surface area (Å²) in [4.78, 5) is 11.0. The van der Waals surface area contributed by atoms with Gasteiger partial charge in [0, 0.05) is 26.0 Å². The number of hydrogen-bond donors (Lipinski definition) is 2. The van der Waals surface area contributed by atoms with Crippen LogP contribution in [0.5, 0.6) is 0 Å². The molecule has 1 atom stereocenters. The van der Waals surface area contributed by atoms with Gasteiger partial charge in [-0.15, -0.1) is 0 Å². The van der Waals surface area contributed by atoms with Gasteiger partial charge in [-0.1, -0.05) is 18.6 Å². The molecule has 1 aliphatic carbocycles. The quantitative estimate of drug-likeness (QED) is 0.883. The summed E-state index contributed by atoms with van der Waals surface area (Å²) in [5.41, 5.74) is 0.914. The van der Waals surface area contributed by atoms with Crippen LogP contribution < -0.4 is 10.2 Å². The summed E-state index contributed by atoms with van der Waals surface area (Å²) in [6, 6.07) is 7.95. The van der Waals surface area contributed by atoms with Gasteiger partial charge < -0.3 is 15.3 Å². The molecule has 0 spiro atoms. The fourth-order valence-electron chi connectivity index (χ4n) is 2.59. The van der Waals surface area contributed by atoms with E-state index in [-0.39, 0.29) is 6.10 Å². The van der Waals surface area contributed by atoms with Gasteiger partial charge in [-0.25, -0.2) is 4.98 Å². The third-order valence-corrected chi connectivity index (χ3v) is 4.16. The lowest BCUT2D eigenvalue weighted by Gasteiger charge is -2.30. The van der Waals surface area contributed by atoms with E-state index in [0.29, 0.717) is 18.4 Å². The second-order valence-electron chi connectivity index (χ2n) is 5.92. The first-order valence-corrected chi connectivity index (χ1v) is 7.51. The SMILES string of the molecule is CN(C)c1nc(NCC(O)C2CCC2)c2ccccc2n1. The average molecular weight is 286 g/mol. The van der Waals surface area contributed by atoms with Crippen LogP contribution >= 0.6 is 0 Å². The molecule has 0 aliphatic heterocycles. The van der Waals surface area contributed by atoms with E-state index < -0.39 is 0 Å². The Morgan fingerprint density at radius 2 is 2.05 bits per heavy atom. The highest BCUT2D eigenvalue weighted by Gasteiger charge is 2.25. The minimum Gasteiger partial charge on any atom is -0.391 e. The smallest absolute Gasteiger partial charge is 0.227 e. The third-order valence-electron chi connectivity index (χ3n) is 4.16.